The number of esters is 1. The molecule has 0 bridgehead atoms. The van der Waals surface area contributed by atoms with E-state index in [2.05, 4.69) is 10.6 Å². The van der Waals surface area contributed by atoms with Crippen molar-refractivity contribution in [1.29, 1.82) is 0 Å². The Bertz CT molecular complexity index is 1380. The standard InChI is InChI=1S/C27H22ClN3O5/c1-16(2)36-27(35)20-13-6-7-14-21(20)30-24(32)17-9-8-10-18(15-17)29-23-22(28)25(33)31(26(23)34)19-11-4-3-5-12-19/h3-16,29H,1-2H3,(H,30,32). The van der Waals surface area contributed by atoms with E-state index in [4.69, 9.17) is 16.3 Å². The SMILES string of the molecule is CC(C)OC(=O)c1ccccc1NC(=O)c1cccc(NC2=C(Cl)C(=O)N(c3ccccc3)C2=O)c1. The van der Waals surface area contributed by atoms with Crippen molar-refractivity contribution in [2.45, 2.75) is 20.0 Å². The fraction of sp³-hybridized carbons (Fsp3) is 0.111. The molecule has 0 atom stereocenters. The van der Waals surface area contributed by atoms with E-state index in [9.17, 15) is 19.2 Å². The number of halogens is 1. The van der Waals surface area contributed by atoms with Gasteiger partial charge < -0.3 is 15.4 Å². The number of ether oxygens (including phenoxy) is 1. The highest BCUT2D eigenvalue weighted by Crippen LogP contribution is 2.30. The van der Waals surface area contributed by atoms with E-state index in [1.807, 2.05) is 0 Å². The molecule has 1 aliphatic rings. The first-order valence-corrected chi connectivity index (χ1v) is 11.5. The Morgan fingerprint density at radius 1 is 0.889 bits per heavy atom. The summed E-state index contributed by atoms with van der Waals surface area (Å²) < 4.78 is 5.25. The van der Waals surface area contributed by atoms with Crippen molar-refractivity contribution in [3.8, 4) is 0 Å². The van der Waals surface area contributed by atoms with Crippen LogP contribution in [0.1, 0.15) is 34.6 Å². The number of carbonyl (C=O) groups is 4. The Labute approximate surface area is 212 Å². The summed E-state index contributed by atoms with van der Waals surface area (Å²) in [6.45, 7) is 3.47. The average Bonchev–Trinajstić information content (AvgIpc) is 3.07. The van der Waals surface area contributed by atoms with Crippen LogP contribution in [-0.4, -0.2) is 29.8 Å². The molecule has 9 heteroatoms. The van der Waals surface area contributed by atoms with Gasteiger partial charge in [-0.05, 0) is 56.3 Å². The van der Waals surface area contributed by atoms with Crippen LogP contribution in [0.25, 0.3) is 0 Å². The number of hydrogen-bond donors (Lipinski definition) is 2. The van der Waals surface area contributed by atoms with E-state index in [1.54, 1.807) is 86.6 Å². The minimum atomic E-state index is -0.644. The highest BCUT2D eigenvalue weighted by molar-refractivity contribution is 6.53. The van der Waals surface area contributed by atoms with Crippen LogP contribution >= 0.6 is 11.6 Å². The topological polar surface area (TPSA) is 105 Å². The molecule has 3 aromatic rings. The molecule has 8 nitrogen and oxygen atoms in total. The Kier molecular flexibility index (Phi) is 7.17. The second-order valence-electron chi connectivity index (χ2n) is 8.13. The van der Waals surface area contributed by atoms with Crippen LogP contribution < -0.4 is 15.5 Å². The molecule has 3 amide bonds. The van der Waals surface area contributed by atoms with Crippen LogP contribution in [0.5, 0.6) is 0 Å². The zero-order chi connectivity index (χ0) is 25.8. The summed E-state index contributed by atoms with van der Waals surface area (Å²) in [5.41, 5.74) is 1.45. The lowest BCUT2D eigenvalue weighted by Gasteiger charge is -2.15. The molecule has 2 N–H and O–H groups in total. The van der Waals surface area contributed by atoms with Gasteiger partial charge >= 0.3 is 5.97 Å². The molecule has 0 radical (unpaired) electrons. The normalized spacial score (nSPS) is 13.3. The number of imide groups is 1. The molecule has 0 saturated heterocycles. The molecule has 3 aromatic carbocycles. The van der Waals surface area contributed by atoms with Crippen molar-refractivity contribution >= 4 is 52.4 Å². The number of hydrogen-bond acceptors (Lipinski definition) is 6. The van der Waals surface area contributed by atoms with Crippen molar-refractivity contribution in [3.63, 3.8) is 0 Å². The molecule has 36 heavy (non-hydrogen) atoms. The average molecular weight is 504 g/mol. The summed E-state index contributed by atoms with van der Waals surface area (Å²) >= 11 is 6.19. The predicted molar refractivity (Wildman–Crippen MR) is 137 cm³/mol. The van der Waals surface area contributed by atoms with E-state index in [-0.39, 0.29) is 28.0 Å². The monoisotopic (exact) mass is 503 g/mol. The van der Waals surface area contributed by atoms with E-state index in [1.165, 1.54) is 6.07 Å². The maximum atomic E-state index is 13.0. The fourth-order valence-corrected chi connectivity index (χ4v) is 3.76. The number of para-hydroxylation sites is 2. The Morgan fingerprint density at radius 3 is 2.31 bits per heavy atom. The van der Waals surface area contributed by atoms with Gasteiger partial charge in [0.05, 0.1) is 23.0 Å². The molecule has 0 fully saturated rings. The molecular formula is C27H22ClN3O5. The number of nitrogens with zero attached hydrogens (tertiary/aromatic N) is 1. The molecule has 182 valence electrons. The molecule has 4 rings (SSSR count). The van der Waals surface area contributed by atoms with E-state index in [0.717, 1.165) is 4.90 Å². The molecule has 0 unspecified atom stereocenters. The summed E-state index contributed by atoms with van der Waals surface area (Å²) in [7, 11) is 0. The lowest BCUT2D eigenvalue weighted by molar-refractivity contribution is -0.120. The van der Waals surface area contributed by atoms with Gasteiger partial charge in [0.2, 0.25) is 0 Å². The van der Waals surface area contributed by atoms with Gasteiger partial charge in [-0.1, -0.05) is 48.0 Å². The van der Waals surface area contributed by atoms with Gasteiger partial charge in [-0.3, -0.25) is 14.4 Å². The van der Waals surface area contributed by atoms with Crippen molar-refractivity contribution in [2.75, 3.05) is 15.5 Å². The maximum absolute atomic E-state index is 13.0. The third-order valence-electron chi connectivity index (χ3n) is 5.17. The summed E-state index contributed by atoms with van der Waals surface area (Å²) in [6, 6.07) is 21.3. The molecular weight excluding hydrogens is 482 g/mol. The van der Waals surface area contributed by atoms with Crippen LogP contribution in [-0.2, 0) is 14.3 Å². The minimum absolute atomic E-state index is 0.0927. The molecule has 1 heterocycles. The van der Waals surface area contributed by atoms with E-state index < -0.39 is 23.7 Å². The number of amides is 3. The lowest BCUT2D eigenvalue weighted by Crippen LogP contribution is -2.32. The maximum Gasteiger partial charge on any atom is 0.340 e. The van der Waals surface area contributed by atoms with Crippen LogP contribution in [0.15, 0.2) is 89.6 Å². The largest absolute Gasteiger partial charge is 0.459 e. The highest BCUT2D eigenvalue weighted by Gasteiger charge is 2.38. The van der Waals surface area contributed by atoms with Crippen LogP contribution in [0.2, 0.25) is 0 Å². The van der Waals surface area contributed by atoms with Crippen molar-refractivity contribution < 1.29 is 23.9 Å². The number of benzene rings is 3. The molecule has 0 saturated carbocycles. The quantitative estimate of drug-likeness (QED) is 0.349. The first-order chi connectivity index (χ1) is 17.3. The Hall–Kier alpha value is -4.43. The molecule has 1 aliphatic heterocycles. The minimum Gasteiger partial charge on any atom is -0.459 e. The number of anilines is 3. The third kappa shape index (κ3) is 5.13. The number of rotatable bonds is 7. The fourth-order valence-electron chi connectivity index (χ4n) is 3.55. The predicted octanol–water partition coefficient (Wildman–Crippen LogP) is 4.94. The molecule has 0 aliphatic carbocycles. The lowest BCUT2D eigenvalue weighted by atomic mass is 10.1. The van der Waals surface area contributed by atoms with Crippen molar-refractivity contribution in [2.24, 2.45) is 0 Å². The van der Waals surface area contributed by atoms with E-state index >= 15 is 0 Å². The first-order valence-electron chi connectivity index (χ1n) is 11.1. The van der Waals surface area contributed by atoms with Gasteiger partial charge in [-0.25, -0.2) is 9.69 Å². The van der Waals surface area contributed by atoms with Gasteiger partial charge in [-0.2, -0.15) is 0 Å². The van der Waals surface area contributed by atoms with Gasteiger partial charge in [0.1, 0.15) is 10.7 Å². The summed E-state index contributed by atoms with van der Waals surface area (Å²) in [5, 5.41) is 5.33. The summed E-state index contributed by atoms with van der Waals surface area (Å²) in [4.78, 5) is 51.9. The first kappa shape index (κ1) is 24.7. The van der Waals surface area contributed by atoms with Gasteiger partial charge in [-0.15, -0.1) is 0 Å². The van der Waals surface area contributed by atoms with Gasteiger partial charge in [0.25, 0.3) is 17.7 Å². The van der Waals surface area contributed by atoms with Crippen molar-refractivity contribution in [1.82, 2.24) is 0 Å². The van der Waals surface area contributed by atoms with Gasteiger partial charge in [0.15, 0.2) is 0 Å². The summed E-state index contributed by atoms with van der Waals surface area (Å²) in [5.74, 6) is -2.29. The second-order valence-corrected chi connectivity index (χ2v) is 8.51. The zero-order valence-corrected chi connectivity index (χ0v) is 20.2. The van der Waals surface area contributed by atoms with E-state index in [0.29, 0.717) is 17.1 Å². The third-order valence-corrected chi connectivity index (χ3v) is 5.52. The molecule has 0 aromatic heterocycles. The van der Waals surface area contributed by atoms with Crippen LogP contribution in [0.4, 0.5) is 17.1 Å². The highest BCUT2D eigenvalue weighted by atomic mass is 35.5. The Balaban J connectivity index is 1.53. The number of carbonyl (C=O) groups excluding carboxylic acids is 4. The van der Waals surface area contributed by atoms with Crippen LogP contribution in [0.3, 0.4) is 0 Å². The number of nitrogens with one attached hydrogen (secondary N) is 2. The second kappa shape index (κ2) is 10.5. The molecule has 0 spiro atoms. The summed E-state index contributed by atoms with van der Waals surface area (Å²) in [6.07, 6.45) is -0.312. The van der Waals surface area contributed by atoms with Gasteiger partial charge in [0, 0.05) is 11.3 Å². The smallest absolute Gasteiger partial charge is 0.340 e. The Morgan fingerprint density at radius 2 is 1.58 bits per heavy atom. The zero-order valence-electron chi connectivity index (χ0n) is 19.4. The van der Waals surface area contributed by atoms with Crippen LogP contribution in [0, 0.1) is 0 Å². The van der Waals surface area contributed by atoms with Crippen molar-refractivity contribution in [3.05, 3.63) is 101 Å².